The summed E-state index contributed by atoms with van der Waals surface area (Å²) in [6.45, 7) is 2.81. The average molecular weight is 153 g/mol. The summed E-state index contributed by atoms with van der Waals surface area (Å²) in [4.78, 5) is 3.77. The molecule has 0 atom stereocenters. The summed E-state index contributed by atoms with van der Waals surface area (Å²) in [5.41, 5.74) is 10.3. The lowest BCUT2D eigenvalue weighted by atomic mass is 10.6. The first-order valence-corrected chi connectivity index (χ1v) is 3.35. The van der Waals surface area contributed by atoms with Gasteiger partial charge in [0.25, 0.3) is 0 Å². The SMILES string of the molecule is CCn1ccc(N=C(N)N)n1. The molecule has 1 aromatic heterocycles. The third-order valence-electron chi connectivity index (χ3n) is 1.19. The van der Waals surface area contributed by atoms with E-state index < -0.39 is 0 Å². The van der Waals surface area contributed by atoms with Crippen molar-refractivity contribution in [2.75, 3.05) is 0 Å². The van der Waals surface area contributed by atoms with E-state index in [2.05, 4.69) is 10.1 Å². The summed E-state index contributed by atoms with van der Waals surface area (Å²) in [6.07, 6.45) is 1.82. The maximum atomic E-state index is 5.15. The van der Waals surface area contributed by atoms with Crippen molar-refractivity contribution in [1.82, 2.24) is 9.78 Å². The average Bonchev–Trinajstić information content (AvgIpc) is 2.34. The van der Waals surface area contributed by atoms with Crippen LogP contribution in [-0.2, 0) is 6.54 Å². The Kier molecular flexibility index (Phi) is 2.10. The molecule has 1 rings (SSSR count). The molecule has 1 heterocycles. The van der Waals surface area contributed by atoms with Gasteiger partial charge in [-0.15, -0.1) is 0 Å². The molecule has 0 aliphatic heterocycles. The molecule has 0 aliphatic rings. The minimum Gasteiger partial charge on any atom is -0.370 e. The number of nitrogens with zero attached hydrogens (tertiary/aromatic N) is 3. The van der Waals surface area contributed by atoms with Crippen molar-refractivity contribution in [2.45, 2.75) is 13.5 Å². The van der Waals surface area contributed by atoms with Gasteiger partial charge in [0.1, 0.15) is 0 Å². The van der Waals surface area contributed by atoms with E-state index in [1.807, 2.05) is 13.1 Å². The van der Waals surface area contributed by atoms with Gasteiger partial charge in [-0.25, -0.2) is 0 Å². The molecule has 0 spiro atoms. The molecule has 0 amide bonds. The van der Waals surface area contributed by atoms with Crippen LogP contribution in [0.4, 0.5) is 5.82 Å². The van der Waals surface area contributed by atoms with Gasteiger partial charge in [0.15, 0.2) is 11.8 Å². The number of aromatic nitrogens is 2. The zero-order valence-electron chi connectivity index (χ0n) is 6.36. The Balaban J connectivity index is 2.81. The number of hydrogen-bond acceptors (Lipinski definition) is 2. The standard InChI is InChI=1S/C6H11N5/c1-2-11-4-3-5(10-11)9-6(7)8/h3-4H,2H2,1H3,(H4,7,8,9,10). The lowest BCUT2D eigenvalue weighted by Gasteiger charge is -1.90. The molecule has 0 bridgehead atoms. The van der Waals surface area contributed by atoms with Gasteiger partial charge in [-0.1, -0.05) is 0 Å². The highest BCUT2D eigenvalue weighted by Gasteiger charge is 1.93. The van der Waals surface area contributed by atoms with Crippen LogP contribution in [0.5, 0.6) is 0 Å². The second kappa shape index (κ2) is 3.05. The Morgan fingerprint density at radius 1 is 1.73 bits per heavy atom. The smallest absolute Gasteiger partial charge is 0.192 e. The largest absolute Gasteiger partial charge is 0.370 e. The predicted octanol–water partition coefficient (Wildman–Crippen LogP) is -0.192. The van der Waals surface area contributed by atoms with Gasteiger partial charge in [0, 0.05) is 18.8 Å². The number of aliphatic imine (C=N–C) groups is 1. The van der Waals surface area contributed by atoms with Crippen LogP contribution in [-0.4, -0.2) is 15.7 Å². The molecule has 0 fully saturated rings. The lowest BCUT2D eigenvalue weighted by molar-refractivity contribution is 0.661. The summed E-state index contributed by atoms with van der Waals surface area (Å²) in [7, 11) is 0. The predicted molar refractivity (Wildman–Crippen MR) is 43.4 cm³/mol. The molecule has 0 aromatic carbocycles. The van der Waals surface area contributed by atoms with Crippen molar-refractivity contribution in [3.05, 3.63) is 12.3 Å². The molecule has 0 aliphatic carbocycles. The van der Waals surface area contributed by atoms with Crippen LogP contribution in [0.1, 0.15) is 6.92 Å². The number of rotatable bonds is 2. The van der Waals surface area contributed by atoms with Crippen LogP contribution in [0.3, 0.4) is 0 Å². The summed E-state index contributed by atoms with van der Waals surface area (Å²) in [6, 6.07) is 1.75. The highest BCUT2D eigenvalue weighted by Crippen LogP contribution is 2.05. The van der Waals surface area contributed by atoms with E-state index in [4.69, 9.17) is 11.5 Å². The Morgan fingerprint density at radius 3 is 2.91 bits per heavy atom. The maximum absolute atomic E-state index is 5.15. The summed E-state index contributed by atoms with van der Waals surface area (Å²) < 4.78 is 1.75. The summed E-state index contributed by atoms with van der Waals surface area (Å²) in [5.74, 6) is 0.582. The monoisotopic (exact) mass is 153 g/mol. The van der Waals surface area contributed by atoms with Gasteiger partial charge in [0.05, 0.1) is 0 Å². The van der Waals surface area contributed by atoms with Gasteiger partial charge >= 0.3 is 0 Å². The van der Waals surface area contributed by atoms with Crippen molar-refractivity contribution >= 4 is 11.8 Å². The Labute approximate surface area is 64.7 Å². The maximum Gasteiger partial charge on any atom is 0.192 e. The van der Waals surface area contributed by atoms with E-state index in [1.165, 1.54) is 0 Å². The molecule has 5 nitrogen and oxygen atoms in total. The second-order valence-corrected chi connectivity index (χ2v) is 2.07. The third-order valence-corrected chi connectivity index (χ3v) is 1.19. The molecular formula is C6H11N5. The Hall–Kier alpha value is -1.52. The molecule has 0 saturated heterocycles. The molecule has 0 radical (unpaired) electrons. The highest BCUT2D eigenvalue weighted by atomic mass is 15.3. The van der Waals surface area contributed by atoms with Crippen molar-refractivity contribution in [2.24, 2.45) is 16.5 Å². The van der Waals surface area contributed by atoms with E-state index in [-0.39, 0.29) is 5.96 Å². The van der Waals surface area contributed by atoms with Crippen molar-refractivity contribution < 1.29 is 0 Å². The van der Waals surface area contributed by atoms with Crippen LogP contribution in [0.25, 0.3) is 0 Å². The van der Waals surface area contributed by atoms with E-state index >= 15 is 0 Å². The highest BCUT2D eigenvalue weighted by molar-refractivity contribution is 5.78. The molecule has 0 saturated carbocycles. The molecule has 4 N–H and O–H groups in total. The fourth-order valence-electron chi connectivity index (χ4n) is 0.719. The topological polar surface area (TPSA) is 82.2 Å². The quantitative estimate of drug-likeness (QED) is 0.456. The summed E-state index contributed by atoms with van der Waals surface area (Å²) in [5, 5.41) is 4.04. The first-order chi connectivity index (χ1) is 5.22. The van der Waals surface area contributed by atoms with Crippen LogP contribution < -0.4 is 11.5 Å². The van der Waals surface area contributed by atoms with Crippen molar-refractivity contribution in [3.63, 3.8) is 0 Å². The molecule has 0 unspecified atom stereocenters. The van der Waals surface area contributed by atoms with Crippen LogP contribution in [0, 0.1) is 0 Å². The van der Waals surface area contributed by atoms with Gasteiger partial charge in [-0.3, -0.25) is 4.68 Å². The third kappa shape index (κ3) is 1.96. The fourth-order valence-corrected chi connectivity index (χ4v) is 0.719. The van der Waals surface area contributed by atoms with Gasteiger partial charge in [0.2, 0.25) is 0 Å². The van der Waals surface area contributed by atoms with Crippen LogP contribution in [0.2, 0.25) is 0 Å². The Morgan fingerprint density at radius 2 is 2.45 bits per heavy atom. The van der Waals surface area contributed by atoms with Crippen molar-refractivity contribution in [3.8, 4) is 0 Å². The Bertz CT molecular complexity index is 258. The van der Waals surface area contributed by atoms with Gasteiger partial charge in [-0.2, -0.15) is 10.1 Å². The molecule has 5 heteroatoms. The number of nitrogens with two attached hydrogens (primary N) is 2. The van der Waals surface area contributed by atoms with Crippen LogP contribution >= 0.6 is 0 Å². The molecule has 60 valence electrons. The fraction of sp³-hybridized carbons (Fsp3) is 0.333. The molecule has 11 heavy (non-hydrogen) atoms. The first kappa shape index (κ1) is 7.59. The van der Waals surface area contributed by atoms with Gasteiger partial charge in [-0.05, 0) is 6.92 Å². The minimum absolute atomic E-state index is 0.0337. The second-order valence-electron chi connectivity index (χ2n) is 2.07. The van der Waals surface area contributed by atoms with E-state index in [0.29, 0.717) is 5.82 Å². The molecular weight excluding hydrogens is 142 g/mol. The minimum atomic E-state index is 0.0337. The van der Waals surface area contributed by atoms with E-state index in [9.17, 15) is 0 Å². The lowest BCUT2D eigenvalue weighted by Crippen LogP contribution is -2.21. The van der Waals surface area contributed by atoms with E-state index in [1.54, 1.807) is 10.7 Å². The zero-order chi connectivity index (χ0) is 8.27. The van der Waals surface area contributed by atoms with Crippen molar-refractivity contribution in [1.29, 1.82) is 0 Å². The van der Waals surface area contributed by atoms with Gasteiger partial charge < -0.3 is 11.5 Å². The molecule has 1 aromatic rings. The van der Waals surface area contributed by atoms with E-state index in [0.717, 1.165) is 6.54 Å². The normalized spacial score (nSPS) is 9.55. The first-order valence-electron chi connectivity index (χ1n) is 3.35. The number of guanidine groups is 1. The van der Waals surface area contributed by atoms with Crippen LogP contribution in [0.15, 0.2) is 17.3 Å². The number of aryl methyl sites for hydroxylation is 1. The zero-order valence-corrected chi connectivity index (χ0v) is 6.36. The summed E-state index contributed by atoms with van der Waals surface area (Å²) >= 11 is 0. The number of hydrogen-bond donors (Lipinski definition) is 2.